The molecule has 2 nitrogen and oxygen atoms in total. The summed E-state index contributed by atoms with van der Waals surface area (Å²) >= 11 is 0. The molecule has 0 spiro atoms. The van der Waals surface area contributed by atoms with Gasteiger partial charge in [-0.05, 0) is 35.7 Å². The molecule has 0 saturated heterocycles. The van der Waals surface area contributed by atoms with Crippen LogP contribution in [0.4, 0.5) is 4.39 Å². The molecule has 0 aliphatic carbocycles. The molecular weight excluding hydrogens is 241 g/mol. The summed E-state index contributed by atoms with van der Waals surface area (Å²) in [6.07, 6.45) is 0.621. The van der Waals surface area contributed by atoms with Gasteiger partial charge in [-0.2, -0.15) is 0 Å². The lowest BCUT2D eigenvalue weighted by molar-refractivity contribution is 0.409. The van der Waals surface area contributed by atoms with E-state index in [9.17, 15) is 4.39 Å². The Morgan fingerprint density at radius 2 is 1.95 bits per heavy atom. The van der Waals surface area contributed by atoms with Crippen LogP contribution in [0.15, 0.2) is 48.5 Å². The van der Waals surface area contributed by atoms with E-state index in [-0.39, 0.29) is 5.82 Å². The van der Waals surface area contributed by atoms with Gasteiger partial charge in [0.15, 0.2) is 0 Å². The van der Waals surface area contributed by atoms with Gasteiger partial charge in [-0.3, -0.25) is 0 Å². The van der Waals surface area contributed by atoms with Gasteiger partial charge in [-0.25, -0.2) is 4.39 Å². The number of aromatic amines is 1. The van der Waals surface area contributed by atoms with E-state index in [1.54, 1.807) is 13.2 Å². The summed E-state index contributed by atoms with van der Waals surface area (Å²) in [6.45, 7) is 0. The predicted molar refractivity (Wildman–Crippen MR) is 74.1 cm³/mol. The number of nitrogens with one attached hydrogen (secondary N) is 1. The minimum atomic E-state index is -0.244. The molecule has 1 heterocycles. The molecule has 0 fully saturated rings. The number of para-hydroxylation sites is 1. The number of hydrogen-bond donors (Lipinski definition) is 1. The fourth-order valence-corrected chi connectivity index (χ4v) is 2.32. The quantitative estimate of drug-likeness (QED) is 0.754. The number of ether oxygens (including phenoxy) is 1. The molecule has 0 unspecified atom stereocenters. The topological polar surface area (TPSA) is 25.0 Å². The molecule has 1 aromatic heterocycles. The Morgan fingerprint density at radius 1 is 1.11 bits per heavy atom. The van der Waals surface area contributed by atoms with Crippen LogP contribution >= 0.6 is 0 Å². The summed E-state index contributed by atoms with van der Waals surface area (Å²) < 4.78 is 18.6. The third kappa shape index (κ3) is 2.32. The van der Waals surface area contributed by atoms with E-state index in [4.69, 9.17) is 4.74 Å². The van der Waals surface area contributed by atoms with Crippen molar-refractivity contribution < 1.29 is 9.13 Å². The van der Waals surface area contributed by atoms with Crippen LogP contribution < -0.4 is 4.74 Å². The number of rotatable bonds is 3. The number of benzene rings is 2. The third-order valence-electron chi connectivity index (χ3n) is 3.21. The summed E-state index contributed by atoms with van der Waals surface area (Å²) in [5.74, 6) is 0.465. The van der Waals surface area contributed by atoms with Crippen LogP contribution in [0.2, 0.25) is 0 Å². The molecule has 19 heavy (non-hydrogen) atoms. The number of halogens is 1. The number of H-pyrrole nitrogens is 1. The summed E-state index contributed by atoms with van der Waals surface area (Å²) in [4.78, 5) is 3.34. The highest BCUT2D eigenvalue weighted by Gasteiger charge is 2.07. The first-order chi connectivity index (χ1) is 9.26. The fraction of sp³-hybridized carbons (Fsp3) is 0.125. The van der Waals surface area contributed by atoms with Crippen molar-refractivity contribution in [3.8, 4) is 5.75 Å². The minimum absolute atomic E-state index is 0.244. The Hall–Kier alpha value is -2.29. The molecule has 0 atom stereocenters. The Morgan fingerprint density at radius 3 is 2.74 bits per heavy atom. The molecule has 0 bridgehead atoms. The SMILES string of the molecule is COc1ccc(F)cc1Cc1cc2ccccc2[nH]1. The molecule has 3 aromatic rings. The highest BCUT2D eigenvalue weighted by atomic mass is 19.1. The molecule has 0 saturated carbocycles. The lowest BCUT2D eigenvalue weighted by Crippen LogP contribution is -1.95. The standard InChI is InChI=1S/C16H14FNO/c1-19-16-7-6-13(17)8-12(16)10-14-9-11-4-2-3-5-15(11)18-14/h2-9,18H,10H2,1H3. The van der Waals surface area contributed by atoms with E-state index in [0.29, 0.717) is 12.2 Å². The van der Waals surface area contributed by atoms with Crippen LogP contribution in [-0.2, 0) is 6.42 Å². The molecule has 0 radical (unpaired) electrons. The fourth-order valence-electron chi connectivity index (χ4n) is 2.32. The first-order valence-electron chi connectivity index (χ1n) is 6.15. The maximum Gasteiger partial charge on any atom is 0.123 e. The van der Waals surface area contributed by atoms with Crippen molar-refractivity contribution in [2.24, 2.45) is 0 Å². The maximum atomic E-state index is 13.3. The Bertz CT molecular complexity index is 685. The van der Waals surface area contributed by atoms with Crippen LogP contribution in [0, 0.1) is 5.82 Å². The summed E-state index contributed by atoms with van der Waals surface area (Å²) in [5, 5.41) is 1.16. The molecule has 1 N–H and O–H groups in total. The van der Waals surface area contributed by atoms with E-state index in [1.165, 1.54) is 12.1 Å². The summed E-state index contributed by atoms with van der Waals surface area (Å²) in [7, 11) is 1.60. The van der Waals surface area contributed by atoms with Crippen molar-refractivity contribution in [2.75, 3.05) is 7.11 Å². The zero-order valence-electron chi connectivity index (χ0n) is 10.6. The van der Waals surface area contributed by atoms with Crippen molar-refractivity contribution in [1.82, 2.24) is 4.98 Å². The molecule has 0 aliphatic rings. The summed E-state index contributed by atoms with van der Waals surface area (Å²) in [5.41, 5.74) is 2.98. The smallest absolute Gasteiger partial charge is 0.123 e. The largest absolute Gasteiger partial charge is 0.496 e. The molecule has 0 amide bonds. The van der Waals surface area contributed by atoms with Crippen LogP contribution in [0.25, 0.3) is 10.9 Å². The monoisotopic (exact) mass is 255 g/mol. The normalized spacial score (nSPS) is 10.8. The predicted octanol–water partition coefficient (Wildman–Crippen LogP) is 3.91. The van der Waals surface area contributed by atoms with Gasteiger partial charge >= 0.3 is 0 Å². The zero-order chi connectivity index (χ0) is 13.2. The van der Waals surface area contributed by atoms with Gasteiger partial charge in [0.2, 0.25) is 0 Å². The van der Waals surface area contributed by atoms with Gasteiger partial charge in [0.1, 0.15) is 11.6 Å². The van der Waals surface area contributed by atoms with Gasteiger partial charge in [0.25, 0.3) is 0 Å². The molecule has 96 valence electrons. The van der Waals surface area contributed by atoms with Crippen molar-refractivity contribution >= 4 is 10.9 Å². The van der Waals surface area contributed by atoms with Gasteiger partial charge in [-0.15, -0.1) is 0 Å². The van der Waals surface area contributed by atoms with Gasteiger partial charge in [0, 0.05) is 23.2 Å². The van der Waals surface area contributed by atoms with Crippen LogP contribution in [0.5, 0.6) is 5.75 Å². The average Bonchev–Trinajstić information content (AvgIpc) is 2.81. The average molecular weight is 255 g/mol. The number of aromatic nitrogens is 1. The van der Waals surface area contributed by atoms with Gasteiger partial charge in [0.05, 0.1) is 7.11 Å². The van der Waals surface area contributed by atoms with Crippen LogP contribution in [0.1, 0.15) is 11.3 Å². The second-order valence-corrected chi connectivity index (χ2v) is 4.51. The van der Waals surface area contributed by atoms with E-state index in [2.05, 4.69) is 17.1 Å². The molecular formula is C16H14FNO. The van der Waals surface area contributed by atoms with Gasteiger partial charge in [-0.1, -0.05) is 18.2 Å². The minimum Gasteiger partial charge on any atom is -0.496 e. The van der Waals surface area contributed by atoms with E-state index >= 15 is 0 Å². The first-order valence-corrected chi connectivity index (χ1v) is 6.15. The van der Waals surface area contributed by atoms with E-state index in [0.717, 1.165) is 22.2 Å². The van der Waals surface area contributed by atoms with E-state index < -0.39 is 0 Å². The summed E-state index contributed by atoms with van der Waals surface area (Å²) in [6, 6.07) is 14.7. The van der Waals surface area contributed by atoms with Crippen molar-refractivity contribution in [1.29, 1.82) is 0 Å². The lowest BCUT2D eigenvalue weighted by atomic mass is 10.1. The lowest BCUT2D eigenvalue weighted by Gasteiger charge is -2.07. The van der Waals surface area contributed by atoms with Crippen LogP contribution in [-0.4, -0.2) is 12.1 Å². The highest BCUT2D eigenvalue weighted by molar-refractivity contribution is 5.80. The van der Waals surface area contributed by atoms with Crippen molar-refractivity contribution in [2.45, 2.75) is 6.42 Å². The Balaban J connectivity index is 1.98. The molecule has 0 aliphatic heterocycles. The van der Waals surface area contributed by atoms with Crippen molar-refractivity contribution in [3.63, 3.8) is 0 Å². The highest BCUT2D eigenvalue weighted by Crippen LogP contribution is 2.24. The van der Waals surface area contributed by atoms with Gasteiger partial charge < -0.3 is 9.72 Å². The Labute approximate surface area is 110 Å². The second kappa shape index (κ2) is 4.76. The number of methoxy groups -OCH3 is 1. The molecule has 3 heteroatoms. The Kier molecular flexibility index (Phi) is 2.95. The van der Waals surface area contributed by atoms with Crippen molar-refractivity contribution in [3.05, 3.63) is 65.6 Å². The number of hydrogen-bond acceptors (Lipinski definition) is 1. The second-order valence-electron chi connectivity index (χ2n) is 4.51. The van der Waals surface area contributed by atoms with E-state index in [1.807, 2.05) is 18.2 Å². The zero-order valence-corrected chi connectivity index (χ0v) is 10.6. The maximum absolute atomic E-state index is 13.3. The van der Waals surface area contributed by atoms with Crippen LogP contribution in [0.3, 0.4) is 0 Å². The third-order valence-corrected chi connectivity index (χ3v) is 3.21. The first kappa shape index (κ1) is 11.8. The molecule has 3 rings (SSSR count). The number of fused-ring (bicyclic) bond motifs is 1. The molecule has 2 aromatic carbocycles.